The quantitative estimate of drug-likeness (QED) is 0.584. The molecule has 0 saturated carbocycles. The van der Waals surface area contributed by atoms with Crippen molar-refractivity contribution in [3.05, 3.63) is 94.8 Å². The summed E-state index contributed by atoms with van der Waals surface area (Å²) in [5.74, 6) is -3.68. The van der Waals surface area contributed by atoms with Gasteiger partial charge in [-0.15, -0.1) is 0 Å². The summed E-state index contributed by atoms with van der Waals surface area (Å²) >= 11 is 0. The minimum Gasteiger partial charge on any atom is -0.369 e. The predicted octanol–water partition coefficient (Wildman–Crippen LogP) is 4.29. The summed E-state index contributed by atoms with van der Waals surface area (Å²) in [6.45, 7) is 1.97. The van der Waals surface area contributed by atoms with Crippen LogP contribution in [0.15, 0.2) is 72.3 Å². The number of carbonyl (C=O) groups is 2. The van der Waals surface area contributed by atoms with Crippen LogP contribution in [0.5, 0.6) is 0 Å². The number of halogens is 3. The molecule has 3 aliphatic heterocycles. The van der Waals surface area contributed by atoms with E-state index in [1.54, 1.807) is 24.3 Å². The van der Waals surface area contributed by atoms with Gasteiger partial charge in [0.25, 0.3) is 11.8 Å². The molecule has 0 bridgehead atoms. The first-order valence-corrected chi connectivity index (χ1v) is 13.5. The highest BCUT2D eigenvalue weighted by molar-refractivity contribution is 5.96. The summed E-state index contributed by atoms with van der Waals surface area (Å²) < 4.78 is 47.2. The molecular formula is C31H30F3N3O3. The number of likely N-dealkylation sites (tertiary alicyclic amines) is 2. The average molecular weight is 550 g/mol. The number of piperidine rings is 1. The number of fused-ring (bicyclic) bond motifs is 1. The smallest absolute Gasteiger partial charge is 0.253 e. The maximum atomic E-state index is 13.7. The first-order valence-electron chi connectivity index (χ1n) is 13.5. The molecule has 2 N–H and O–H groups in total. The Bertz CT molecular complexity index is 1400. The second kappa shape index (κ2) is 10.4. The molecule has 2 fully saturated rings. The lowest BCUT2D eigenvalue weighted by Gasteiger charge is -2.38. The van der Waals surface area contributed by atoms with E-state index in [0.29, 0.717) is 25.2 Å². The minimum absolute atomic E-state index is 0.0415. The maximum absolute atomic E-state index is 13.7. The van der Waals surface area contributed by atoms with E-state index in [1.165, 1.54) is 17.0 Å². The molecule has 3 heterocycles. The van der Waals surface area contributed by atoms with E-state index in [9.17, 15) is 22.8 Å². The molecule has 6 nitrogen and oxygen atoms in total. The first-order chi connectivity index (χ1) is 19.1. The summed E-state index contributed by atoms with van der Waals surface area (Å²) in [6.07, 6.45) is 5.04. The number of benzene rings is 2. The number of primary amides is 1. The van der Waals surface area contributed by atoms with Crippen molar-refractivity contribution in [3.8, 4) is 0 Å². The van der Waals surface area contributed by atoms with Crippen LogP contribution >= 0.6 is 0 Å². The standard InChI is InChI=1S/C31H30F3N3O3/c32-25-7-5-20(6-8-25)27-15-22(13-23-14-26(40-28(23)27)18-36-16-24(17-36)29(35)38)19-1-3-21(4-2-19)30(39)37-11-9-31(33,34)10-12-37/h1-8,13-15,24,26,28H,9-12,16-18H2,(H2,35,38). The second-order valence-electron chi connectivity index (χ2n) is 11.0. The van der Waals surface area contributed by atoms with Gasteiger partial charge in [-0.25, -0.2) is 13.2 Å². The van der Waals surface area contributed by atoms with Crippen molar-refractivity contribution in [1.29, 1.82) is 0 Å². The van der Waals surface area contributed by atoms with Crippen LogP contribution in [0.25, 0.3) is 11.1 Å². The third-order valence-corrected chi connectivity index (χ3v) is 8.13. The fourth-order valence-electron chi connectivity index (χ4n) is 5.75. The van der Waals surface area contributed by atoms with Gasteiger partial charge < -0.3 is 15.4 Å². The molecule has 1 aliphatic carbocycles. The Morgan fingerprint density at radius 2 is 1.60 bits per heavy atom. The Balaban J connectivity index is 1.23. The molecule has 0 radical (unpaired) electrons. The monoisotopic (exact) mass is 549 g/mol. The number of allylic oxidation sites excluding steroid dienone is 2. The van der Waals surface area contributed by atoms with Crippen LogP contribution in [0.2, 0.25) is 0 Å². The van der Waals surface area contributed by atoms with Crippen LogP contribution < -0.4 is 5.73 Å². The fourth-order valence-corrected chi connectivity index (χ4v) is 5.75. The lowest BCUT2D eigenvalue weighted by atomic mass is 9.86. The second-order valence-corrected chi connectivity index (χ2v) is 11.0. The number of ether oxygens (including phenoxy) is 1. The Morgan fingerprint density at radius 3 is 2.25 bits per heavy atom. The van der Waals surface area contributed by atoms with Crippen LogP contribution in [-0.2, 0) is 9.53 Å². The Kier molecular flexibility index (Phi) is 6.88. The lowest BCUT2D eigenvalue weighted by molar-refractivity contribution is -0.127. The Morgan fingerprint density at radius 1 is 0.950 bits per heavy atom. The van der Waals surface area contributed by atoms with E-state index in [2.05, 4.69) is 17.1 Å². The summed E-state index contributed by atoms with van der Waals surface area (Å²) in [5.41, 5.74) is 10.4. The van der Waals surface area contributed by atoms with Crippen LogP contribution in [-0.4, -0.2) is 72.5 Å². The highest BCUT2D eigenvalue weighted by Crippen LogP contribution is 2.40. The number of hydrogen-bond donors (Lipinski definition) is 1. The fraction of sp³-hybridized carbons (Fsp3) is 0.355. The van der Waals surface area contributed by atoms with Gasteiger partial charge in [-0.3, -0.25) is 14.5 Å². The molecule has 2 atom stereocenters. The number of amides is 2. The molecule has 0 spiro atoms. The van der Waals surface area contributed by atoms with Crippen LogP contribution in [0, 0.1) is 11.7 Å². The number of carbonyl (C=O) groups excluding carboxylic acids is 2. The van der Waals surface area contributed by atoms with Gasteiger partial charge in [0.1, 0.15) is 11.9 Å². The topological polar surface area (TPSA) is 75.9 Å². The van der Waals surface area contributed by atoms with Gasteiger partial charge >= 0.3 is 0 Å². The van der Waals surface area contributed by atoms with Gasteiger partial charge in [-0.2, -0.15) is 0 Å². The largest absolute Gasteiger partial charge is 0.369 e. The molecule has 40 heavy (non-hydrogen) atoms. The molecule has 2 amide bonds. The molecule has 6 rings (SSSR count). The van der Waals surface area contributed by atoms with Gasteiger partial charge in [-0.1, -0.05) is 24.3 Å². The van der Waals surface area contributed by atoms with E-state index in [1.807, 2.05) is 18.2 Å². The SMILES string of the molecule is NC(=O)C1CN(CC2C=C3C=C(c4ccc(C(=O)N5CCC(F)(F)CC5)cc4)C=C(c4ccc(F)cc4)C3O2)C1. The minimum atomic E-state index is -2.71. The van der Waals surface area contributed by atoms with Crippen molar-refractivity contribution < 1.29 is 27.5 Å². The zero-order chi connectivity index (χ0) is 28.0. The highest BCUT2D eigenvalue weighted by atomic mass is 19.3. The lowest BCUT2D eigenvalue weighted by Crippen LogP contribution is -2.54. The third-order valence-electron chi connectivity index (χ3n) is 8.13. The summed E-state index contributed by atoms with van der Waals surface area (Å²) in [7, 11) is 0. The number of hydrogen-bond acceptors (Lipinski definition) is 4. The van der Waals surface area contributed by atoms with Crippen molar-refractivity contribution in [1.82, 2.24) is 9.80 Å². The molecular weight excluding hydrogens is 519 g/mol. The van der Waals surface area contributed by atoms with Crippen molar-refractivity contribution in [2.24, 2.45) is 11.7 Å². The van der Waals surface area contributed by atoms with Gasteiger partial charge in [0.2, 0.25) is 5.91 Å². The molecule has 2 aromatic carbocycles. The van der Waals surface area contributed by atoms with Crippen molar-refractivity contribution in [2.45, 2.75) is 31.0 Å². The van der Waals surface area contributed by atoms with Crippen LogP contribution in [0.1, 0.15) is 34.3 Å². The zero-order valence-electron chi connectivity index (χ0n) is 21.9. The Labute approximate surface area is 230 Å². The van der Waals surface area contributed by atoms with Crippen LogP contribution in [0.4, 0.5) is 13.2 Å². The highest BCUT2D eigenvalue weighted by Gasteiger charge is 2.38. The molecule has 0 aromatic heterocycles. The third kappa shape index (κ3) is 5.36. The van der Waals surface area contributed by atoms with Gasteiger partial charge in [0, 0.05) is 51.1 Å². The molecule has 2 unspecified atom stereocenters. The predicted molar refractivity (Wildman–Crippen MR) is 145 cm³/mol. The number of rotatable bonds is 6. The summed E-state index contributed by atoms with van der Waals surface area (Å²) in [4.78, 5) is 27.9. The van der Waals surface area contributed by atoms with Crippen molar-refractivity contribution in [2.75, 3.05) is 32.7 Å². The van der Waals surface area contributed by atoms with E-state index < -0.39 is 5.92 Å². The van der Waals surface area contributed by atoms with E-state index in [4.69, 9.17) is 10.5 Å². The molecule has 208 valence electrons. The molecule has 2 saturated heterocycles. The van der Waals surface area contributed by atoms with Gasteiger partial charge in [-0.05, 0) is 70.3 Å². The zero-order valence-corrected chi connectivity index (χ0v) is 21.9. The van der Waals surface area contributed by atoms with E-state index >= 15 is 0 Å². The molecule has 2 aromatic rings. The van der Waals surface area contributed by atoms with E-state index in [-0.39, 0.29) is 61.7 Å². The van der Waals surface area contributed by atoms with Gasteiger partial charge in [0.15, 0.2) is 0 Å². The van der Waals surface area contributed by atoms with Crippen molar-refractivity contribution >= 4 is 23.0 Å². The number of alkyl halides is 2. The summed E-state index contributed by atoms with van der Waals surface area (Å²) in [6, 6.07) is 13.5. The number of nitrogens with two attached hydrogens (primary N) is 1. The van der Waals surface area contributed by atoms with Crippen molar-refractivity contribution in [3.63, 3.8) is 0 Å². The number of nitrogens with zero attached hydrogens (tertiary/aromatic N) is 2. The first kappa shape index (κ1) is 26.5. The molecule has 9 heteroatoms. The van der Waals surface area contributed by atoms with Gasteiger partial charge in [0.05, 0.1) is 12.0 Å². The van der Waals surface area contributed by atoms with E-state index in [0.717, 1.165) is 27.8 Å². The average Bonchev–Trinajstić information content (AvgIpc) is 3.32. The normalized spacial score (nSPS) is 24.5. The maximum Gasteiger partial charge on any atom is 0.253 e. The summed E-state index contributed by atoms with van der Waals surface area (Å²) in [5, 5.41) is 0. The van der Waals surface area contributed by atoms with Crippen LogP contribution in [0.3, 0.4) is 0 Å². The Hall–Kier alpha value is -3.69. The molecule has 4 aliphatic rings.